The maximum Gasteiger partial charge on any atom is 0.335 e. The number of rotatable bonds is 5. The smallest absolute Gasteiger partial charge is 0.335 e. The van der Waals surface area contributed by atoms with Crippen molar-refractivity contribution in [1.29, 1.82) is 0 Å². The van der Waals surface area contributed by atoms with Crippen LogP contribution in [0, 0.1) is 5.82 Å². The lowest BCUT2D eigenvalue weighted by molar-refractivity contribution is -0.307. The lowest BCUT2D eigenvalue weighted by Gasteiger charge is -2.26. The van der Waals surface area contributed by atoms with Crippen molar-refractivity contribution in [3.05, 3.63) is 64.4 Å². The van der Waals surface area contributed by atoms with Gasteiger partial charge >= 0.3 is 6.03 Å². The van der Waals surface area contributed by atoms with Gasteiger partial charge in [-0.1, -0.05) is 23.7 Å². The van der Waals surface area contributed by atoms with E-state index in [1.807, 2.05) is 5.32 Å². The van der Waals surface area contributed by atoms with Crippen molar-refractivity contribution in [2.75, 3.05) is 11.5 Å². The Balaban J connectivity index is 1.92. The third-order valence-electron chi connectivity index (χ3n) is 3.78. The van der Waals surface area contributed by atoms with E-state index in [0.717, 1.165) is 12.1 Å². The Bertz CT molecular complexity index is 1070. The number of ether oxygens (including phenoxy) is 1. The summed E-state index contributed by atoms with van der Waals surface area (Å²) < 4.78 is 18.4. The molecule has 2 aromatic rings. The average molecular weight is 418 g/mol. The summed E-state index contributed by atoms with van der Waals surface area (Å²) in [6, 6.07) is 7.87. The lowest BCUT2D eigenvalue weighted by atomic mass is 10.1. The molecule has 4 amide bonds. The summed E-state index contributed by atoms with van der Waals surface area (Å²) in [4.78, 5) is 48.0. The highest BCUT2D eigenvalue weighted by Crippen LogP contribution is 2.28. The number of anilines is 1. The van der Waals surface area contributed by atoms with Crippen LogP contribution in [0.4, 0.5) is 14.9 Å². The Kier molecular flexibility index (Phi) is 5.60. The van der Waals surface area contributed by atoms with Gasteiger partial charge in [-0.25, -0.2) is 14.1 Å². The number of halogens is 2. The molecule has 0 saturated carbocycles. The number of hydrogen-bond donors (Lipinski definition) is 1. The van der Waals surface area contributed by atoms with Crippen molar-refractivity contribution < 1.29 is 33.4 Å². The highest BCUT2D eigenvalue weighted by Gasteiger charge is 2.36. The molecule has 0 bridgehead atoms. The predicted octanol–water partition coefficient (Wildman–Crippen LogP) is 1.27. The quantitative estimate of drug-likeness (QED) is 0.578. The van der Waals surface area contributed by atoms with E-state index in [0.29, 0.717) is 10.5 Å². The van der Waals surface area contributed by atoms with Gasteiger partial charge in [-0.3, -0.25) is 14.9 Å². The van der Waals surface area contributed by atoms with Gasteiger partial charge in [-0.05, 0) is 42.0 Å². The number of carbonyl (C=O) groups is 4. The fourth-order valence-electron chi connectivity index (χ4n) is 2.53. The molecule has 1 aliphatic heterocycles. The molecule has 0 radical (unpaired) electrons. The third-order valence-corrected chi connectivity index (χ3v) is 4.08. The molecular weight excluding hydrogens is 407 g/mol. The van der Waals surface area contributed by atoms with Crippen molar-refractivity contribution in [3.8, 4) is 5.75 Å². The standard InChI is InChI=1S/C19H12ClFN2O6/c20-14-7-10(4-5-15(14)29-9-16(24)25)6-13-17(26)22-19(28)23(18(13)27)12-3-1-2-11(21)8-12/h1-8H,9H2,(H,24,25)(H,22,26,28)/p-1/b13-6-. The van der Waals surface area contributed by atoms with E-state index >= 15 is 0 Å². The minimum Gasteiger partial charge on any atom is -0.546 e. The van der Waals surface area contributed by atoms with Crippen LogP contribution in [0.3, 0.4) is 0 Å². The number of imide groups is 2. The van der Waals surface area contributed by atoms with Crippen molar-refractivity contribution in [2.24, 2.45) is 0 Å². The third kappa shape index (κ3) is 4.41. The molecule has 0 unspecified atom stereocenters. The maximum absolute atomic E-state index is 13.5. The molecule has 2 aromatic carbocycles. The molecule has 0 atom stereocenters. The number of carboxylic acid groups (broad SMARTS) is 1. The largest absolute Gasteiger partial charge is 0.546 e. The molecule has 1 fully saturated rings. The van der Waals surface area contributed by atoms with Crippen LogP contribution < -0.4 is 20.1 Å². The summed E-state index contributed by atoms with van der Waals surface area (Å²) in [5, 5.41) is 12.5. The van der Waals surface area contributed by atoms with Gasteiger partial charge in [0.25, 0.3) is 11.8 Å². The van der Waals surface area contributed by atoms with Gasteiger partial charge in [0, 0.05) is 0 Å². The predicted molar refractivity (Wildman–Crippen MR) is 97.4 cm³/mol. The first-order chi connectivity index (χ1) is 13.8. The number of nitrogens with zero attached hydrogens (tertiary/aromatic N) is 1. The summed E-state index contributed by atoms with van der Waals surface area (Å²) in [5.74, 6) is -3.91. The fraction of sp³-hybridized carbons (Fsp3) is 0.0526. The fourth-order valence-corrected chi connectivity index (χ4v) is 2.78. The molecule has 3 rings (SSSR count). The zero-order chi connectivity index (χ0) is 21.1. The van der Waals surface area contributed by atoms with E-state index in [9.17, 15) is 28.7 Å². The molecule has 0 aliphatic carbocycles. The number of benzene rings is 2. The number of nitrogens with one attached hydrogen (secondary N) is 1. The molecule has 1 saturated heterocycles. The van der Waals surface area contributed by atoms with Gasteiger partial charge < -0.3 is 14.6 Å². The first-order valence-corrected chi connectivity index (χ1v) is 8.43. The number of urea groups is 1. The van der Waals surface area contributed by atoms with Gasteiger partial charge in [-0.2, -0.15) is 0 Å². The van der Waals surface area contributed by atoms with Crippen LogP contribution in [-0.2, 0) is 14.4 Å². The van der Waals surface area contributed by atoms with E-state index in [4.69, 9.17) is 16.3 Å². The summed E-state index contributed by atoms with van der Waals surface area (Å²) >= 11 is 6.01. The molecule has 0 aromatic heterocycles. The summed E-state index contributed by atoms with van der Waals surface area (Å²) in [6.07, 6.45) is 1.19. The van der Waals surface area contributed by atoms with Crippen LogP contribution in [0.15, 0.2) is 48.0 Å². The Morgan fingerprint density at radius 2 is 1.97 bits per heavy atom. The molecule has 148 valence electrons. The van der Waals surface area contributed by atoms with E-state index < -0.39 is 36.2 Å². The van der Waals surface area contributed by atoms with Crippen molar-refractivity contribution >= 4 is 47.2 Å². The lowest BCUT2D eigenvalue weighted by Crippen LogP contribution is -2.54. The number of amides is 4. The molecule has 29 heavy (non-hydrogen) atoms. The van der Waals surface area contributed by atoms with Crippen LogP contribution in [0.5, 0.6) is 5.75 Å². The molecule has 1 N–H and O–H groups in total. The van der Waals surface area contributed by atoms with Crippen molar-refractivity contribution in [1.82, 2.24) is 5.32 Å². The minimum atomic E-state index is -1.43. The number of carboxylic acids is 1. The average Bonchev–Trinajstić information content (AvgIpc) is 2.64. The van der Waals surface area contributed by atoms with Crippen LogP contribution in [-0.4, -0.2) is 30.4 Å². The van der Waals surface area contributed by atoms with Gasteiger partial charge in [0.1, 0.15) is 23.7 Å². The van der Waals surface area contributed by atoms with Crippen LogP contribution in [0.25, 0.3) is 6.08 Å². The monoisotopic (exact) mass is 417 g/mol. The van der Waals surface area contributed by atoms with Crippen molar-refractivity contribution in [3.63, 3.8) is 0 Å². The van der Waals surface area contributed by atoms with Gasteiger partial charge in [0.05, 0.1) is 16.7 Å². The molecule has 1 heterocycles. The first kappa shape index (κ1) is 20.0. The topological polar surface area (TPSA) is 116 Å². The number of aliphatic carboxylic acids is 1. The first-order valence-electron chi connectivity index (χ1n) is 8.05. The minimum absolute atomic E-state index is 0.0299. The summed E-state index contributed by atoms with van der Waals surface area (Å²) in [7, 11) is 0. The Labute approximate surface area is 168 Å². The van der Waals surface area contributed by atoms with Crippen LogP contribution in [0.1, 0.15) is 5.56 Å². The van der Waals surface area contributed by atoms with Crippen molar-refractivity contribution in [2.45, 2.75) is 0 Å². The second kappa shape index (κ2) is 8.11. The summed E-state index contributed by atoms with van der Waals surface area (Å²) in [6.45, 7) is -0.703. The summed E-state index contributed by atoms with van der Waals surface area (Å²) in [5.41, 5.74) is -0.119. The number of carbonyl (C=O) groups excluding carboxylic acids is 4. The van der Waals surface area contributed by atoms with Gasteiger partial charge in [0.15, 0.2) is 0 Å². The second-order valence-electron chi connectivity index (χ2n) is 5.79. The molecular formula is C19H11ClFN2O6-. The van der Waals surface area contributed by atoms with E-state index in [1.165, 1.54) is 36.4 Å². The van der Waals surface area contributed by atoms with Crippen LogP contribution in [0.2, 0.25) is 5.02 Å². The highest BCUT2D eigenvalue weighted by molar-refractivity contribution is 6.39. The zero-order valence-electron chi connectivity index (χ0n) is 14.5. The second-order valence-corrected chi connectivity index (χ2v) is 6.20. The molecule has 8 nitrogen and oxygen atoms in total. The van der Waals surface area contributed by atoms with Gasteiger partial charge in [-0.15, -0.1) is 0 Å². The number of barbiturate groups is 1. The van der Waals surface area contributed by atoms with E-state index in [2.05, 4.69) is 0 Å². The van der Waals surface area contributed by atoms with E-state index in [1.54, 1.807) is 0 Å². The highest BCUT2D eigenvalue weighted by atomic mass is 35.5. The Morgan fingerprint density at radius 3 is 2.62 bits per heavy atom. The zero-order valence-corrected chi connectivity index (χ0v) is 15.2. The normalized spacial score (nSPS) is 15.4. The van der Waals surface area contributed by atoms with E-state index in [-0.39, 0.29) is 22.0 Å². The van der Waals surface area contributed by atoms with Gasteiger partial charge in [0.2, 0.25) is 0 Å². The molecule has 10 heteroatoms. The number of hydrogen-bond acceptors (Lipinski definition) is 6. The molecule has 1 aliphatic rings. The Hall–Kier alpha value is -3.72. The van der Waals surface area contributed by atoms with Crippen LogP contribution >= 0.6 is 11.6 Å². The maximum atomic E-state index is 13.5. The SMILES string of the molecule is O=C([O-])COc1ccc(/C=C2/C(=O)NC(=O)N(c3cccc(F)c3)C2=O)cc1Cl. The molecule has 0 spiro atoms. The Morgan fingerprint density at radius 1 is 1.21 bits per heavy atom.